The van der Waals surface area contributed by atoms with Crippen molar-refractivity contribution in [2.75, 3.05) is 11.9 Å². The van der Waals surface area contributed by atoms with E-state index in [4.69, 9.17) is 0 Å². The van der Waals surface area contributed by atoms with Crippen molar-refractivity contribution in [3.63, 3.8) is 0 Å². The number of aromatic nitrogens is 1. The highest BCUT2D eigenvalue weighted by Gasteiger charge is 2.34. The third-order valence-electron chi connectivity index (χ3n) is 3.33. The number of pyridine rings is 1. The number of rotatable bonds is 7. The first kappa shape index (κ1) is 19.8. The minimum atomic E-state index is -4.48. The first-order valence-corrected chi connectivity index (χ1v) is 7.77. The summed E-state index contributed by atoms with van der Waals surface area (Å²) in [4.78, 5) is 3.93. The summed E-state index contributed by atoms with van der Waals surface area (Å²) in [5.74, 6) is -0.155. The van der Waals surface area contributed by atoms with Crippen LogP contribution in [0, 0.1) is 0 Å². The van der Waals surface area contributed by atoms with Crippen molar-refractivity contribution in [1.82, 2.24) is 10.3 Å². The number of nitrogens with zero attached hydrogens (tertiary/aromatic N) is 1. The Hall–Kier alpha value is -2.24. The van der Waals surface area contributed by atoms with Crippen molar-refractivity contribution in [2.24, 2.45) is 0 Å². The molecule has 0 saturated carbocycles. The SMILES string of the molecule is C=C(N/C(C)=C/C(C)=C\C)c1cnc(NCCC)c(C(F)(F)F)c1. The smallest absolute Gasteiger partial charge is 0.370 e. The summed E-state index contributed by atoms with van der Waals surface area (Å²) in [7, 11) is 0. The molecule has 2 N–H and O–H groups in total. The van der Waals surface area contributed by atoms with Crippen LogP contribution in [0.25, 0.3) is 5.70 Å². The monoisotopic (exact) mass is 339 g/mol. The molecule has 1 aromatic heterocycles. The maximum absolute atomic E-state index is 13.3. The third kappa shape index (κ3) is 5.76. The van der Waals surface area contributed by atoms with Crippen LogP contribution >= 0.6 is 0 Å². The van der Waals surface area contributed by atoms with E-state index in [1.807, 2.05) is 39.8 Å². The second kappa shape index (κ2) is 8.57. The van der Waals surface area contributed by atoms with Crippen LogP contribution in [0.1, 0.15) is 45.2 Å². The van der Waals surface area contributed by atoms with Crippen LogP contribution in [-0.2, 0) is 6.18 Å². The molecule has 6 heteroatoms. The molecule has 0 atom stereocenters. The molecular formula is C18H24F3N3. The summed E-state index contributed by atoms with van der Waals surface area (Å²) in [6, 6.07) is 1.07. The third-order valence-corrected chi connectivity index (χ3v) is 3.33. The Bertz CT molecular complexity index is 643. The number of hydrogen-bond acceptors (Lipinski definition) is 3. The number of anilines is 1. The summed E-state index contributed by atoms with van der Waals surface area (Å²) in [6.07, 6.45) is 1.44. The van der Waals surface area contributed by atoms with Crippen molar-refractivity contribution in [1.29, 1.82) is 0 Å². The molecule has 3 nitrogen and oxygen atoms in total. The van der Waals surface area contributed by atoms with Gasteiger partial charge in [0.25, 0.3) is 0 Å². The minimum Gasteiger partial charge on any atom is -0.370 e. The van der Waals surface area contributed by atoms with E-state index in [1.165, 1.54) is 6.20 Å². The van der Waals surface area contributed by atoms with Crippen LogP contribution in [0.15, 0.2) is 42.3 Å². The predicted octanol–water partition coefficient (Wildman–Crippen LogP) is 5.35. The Balaban J connectivity index is 3.08. The zero-order chi connectivity index (χ0) is 18.3. The molecule has 0 bridgehead atoms. The maximum atomic E-state index is 13.3. The lowest BCUT2D eigenvalue weighted by Gasteiger charge is -2.16. The molecule has 0 unspecified atom stereocenters. The van der Waals surface area contributed by atoms with Crippen LogP contribution in [0.2, 0.25) is 0 Å². The van der Waals surface area contributed by atoms with Gasteiger partial charge < -0.3 is 10.6 Å². The Kier molecular flexibility index (Phi) is 7.07. The highest BCUT2D eigenvalue weighted by Crippen LogP contribution is 2.35. The van der Waals surface area contributed by atoms with Crippen LogP contribution in [-0.4, -0.2) is 11.5 Å². The van der Waals surface area contributed by atoms with Gasteiger partial charge in [-0.15, -0.1) is 0 Å². The van der Waals surface area contributed by atoms with Crippen molar-refractivity contribution < 1.29 is 13.2 Å². The average Bonchev–Trinajstić information content (AvgIpc) is 2.51. The summed E-state index contributed by atoms with van der Waals surface area (Å²) >= 11 is 0. The Morgan fingerprint density at radius 2 is 2.00 bits per heavy atom. The first-order chi connectivity index (χ1) is 11.2. The van der Waals surface area contributed by atoms with Gasteiger partial charge in [0, 0.05) is 29.7 Å². The highest BCUT2D eigenvalue weighted by atomic mass is 19.4. The maximum Gasteiger partial charge on any atom is 0.419 e. The van der Waals surface area contributed by atoms with Crippen LogP contribution < -0.4 is 10.6 Å². The van der Waals surface area contributed by atoms with Gasteiger partial charge in [-0.25, -0.2) is 4.98 Å². The second-order valence-electron chi connectivity index (χ2n) is 5.51. The Morgan fingerprint density at radius 1 is 1.33 bits per heavy atom. The van der Waals surface area contributed by atoms with Gasteiger partial charge >= 0.3 is 6.18 Å². The number of allylic oxidation sites excluding steroid dienone is 4. The molecule has 0 spiro atoms. The first-order valence-electron chi connectivity index (χ1n) is 7.77. The standard InChI is InChI=1S/C18H24F3N3/c1-6-8-22-17-16(18(19,20)21)10-15(11-23-17)14(5)24-13(4)9-12(3)7-2/h7,9-11,24H,5-6,8H2,1-4H3,(H,22,23)/b12-7-,13-9+. The fourth-order valence-corrected chi connectivity index (χ4v) is 2.00. The molecule has 0 aliphatic carbocycles. The Morgan fingerprint density at radius 3 is 2.54 bits per heavy atom. The molecule has 24 heavy (non-hydrogen) atoms. The van der Waals surface area contributed by atoms with Crippen molar-refractivity contribution in [3.05, 3.63) is 53.4 Å². The topological polar surface area (TPSA) is 37.0 Å². The summed E-state index contributed by atoms with van der Waals surface area (Å²) in [5.41, 5.74) is 1.71. The lowest BCUT2D eigenvalue weighted by atomic mass is 10.1. The normalized spacial score (nSPS) is 13.0. The van der Waals surface area contributed by atoms with E-state index in [2.05, 4.69) is 22.2 Å². The van der Waals surface area contributed by atoms with E-state index >= 15 is 0 Å². The summed E-state index contributed by atoms with van der Waals surface area (Å²) in [5, 5.41) is 5.71. The molecule has 132 valence electrons. The molecule has 0 saturated heterocycles. The van der Waals surface area contributed by atoms with E-state index in [-0.39, 0.29) is 5.82 Å². The van der Waals surface area contributed by atoms with E-state index in [1.54, 1.807) is 0 Å². The highest BCUT2D eigenvalue weighted by molar-refractivity contribution is 5.65. The molecule has 0 fully saturated rings. The number of halogens is 3. The molecule has 1 heterocycles. The molecule has 0 aromatic carbocycles. The molecule has 0 amide bonds. The Labute approximate surface area is 141 Å². The fraction of sp³-hybridized carbons (Fsp3) is 0.389. The predicted molar refractivity (Wildman–Crippen MR) is 93.4 cm³/mol. The van der Waals surface area contributed by atoms with Gasteiger partial charge in [-0.3, -0.25) is 0 Å². The van der Waals surface area contributed by atoms with Gasteiger partial charge in [-0.2, -0.15) is 13.2 Å². The molecule has 0 radical (unpaired) electrons. The molecule has 0 aliphatic heterocycles. The van der Waals surface area contributed by atoms with Gasteiger partial charge in [-0.05, 0) is 39.3 Å². The number of alkyl halides is 3. The van der Waals surface area contributed by atoms with Gasteiger partial charge in [0.2, 0.25) is 0 Å². The summed E-state index contributed by atoms with van der Waals surface area (Å²) < 4.78 is 39.8. The van der Waals surface area contributed by atoms with Gasteiger partial charge in [0.1, 0.15) is 5.82 Å². The van der Waals surface area contributed by atoms with E-state index in [0.717, 1.165) is 17.3 Å². The fourth-order valence-electron chi connectivity index (χ4n) is 2.00. The lowest BCUT2D eigenvalue weighted by Crippen LogP contribution is -2.15. The van der Waals surface area contributed by atoms with E-state index in [9.17, 15) is 13.2 Å². The number of nitrogens with one attached hydrogen (secondary N) is 2. The lowest BCUT2D eigenvalue weighted by molar-refractivity contribution is -0.137. The minimum absolute atomic E-state index is 0.155. The van der Waals surface area contributed by atoms with Gasteiger partial charge in [-0.1, -0.05) is 25.2 Å². The van der Waals surface area contributed by atoms with E-state index in [0.29, 0.717) is 24.2 Å². The number of hydrogen-bond donors (Lipinski definition) is 2. The largest absolute Gasteiger partial charge is 0.419 e. The van der Waals surface area contributed by atoms with Crippen LogP contribution in [0.5, 0.6) is 0 Å². The zero-order valence-electron chi connectivity index (χ0n) is 14.5. The molecule has 1 aromatic rings. The quantitative estimate of drug-likeness (QED) is 0.657. The summed E-state index contributed by atoms with van der Waals surface area (Å²) in [6.45, 7) is 11.8. The van der Waals surface area contributed by atoms with Crippen molar-refractivity contribution >= 4 is 11.5 Å². The van der Waals surface area contributed by atoms with Crippen molar-refractivity contribution in [3.8, 4) is 0 Å². The van der Waals surface area contributed by atoms with Gasteiger partial charge in [0.05, 0.1) is 5.56 Å². The van der Waals surface area contributed by atoms with Crippen molar-refractivity contribution in [2.45, 2.75) is 40.3 Å². The second-order valence-corrected chi connectivity index (χ2v) is 5.51. The molecule has 1 rings (SSSR count). The zero-order valence-corrected chi connectivity index (χ0v) is 14.5. The molecular weight excluding hydrogens is 315 g/mol. The van der Waals surface area contributed by atoms with Crippen LogP contribution in [0.3, 0.4) is 0 Å². The van der Waals surface area contributed by atoms with Gasteiger partial charge in [0.15, 0.2) is 0 Å². The van der Waals surface area contributed by atoms with Crippen LogP contribution in [0.4, 0.5) is 19.0 Å². The molecule has 0 aliphatic rings. The average molecular weight is 339 g/mol. The van der Waals surface area contributed by atoms with E-state index < -0.39 is 11.7 Å².